The minimum Gasteiger partial charge on any atom is -0.281 e. The van der Waals surface area contributed by atoms with Crippen LogP contribution in [0.4, 0.5) is 0 Å². The second-order valence-electron chi connectivity index (χ2n) is 3.69. The van der Waals surface area contributed by atoms with Gasteiger partial charge in [-0.05, 0) is 37.4 Å². The van der Waals surface area contributed by atoms with Crippen molar-refractivity contribution in [2.24, 2.45) is 0 Å². The van der Waals surface area contributed by atoms with Gasteiger partial charge in [0, 0.05) is 18.5 Å². The molecule has 1 rings (SSSR count). The highest BCUT2D eigenvalue weighted by atomic mass is 35.5. The second-order valence-corrected chi connectivity index (χ2v) is 4.12. The number of aryl methyl sites for hydroxylation is 3. The zero-order valence-corrected chi connectivity index (χ0v) is 10.3. The van der Waals surface area contributed by atoms with Crippen LogP contribution < -0.4 is 5.56 Å². The molecule has 1 aromatic rings. The van der Waals surface area contributed by atoms with E-state index in [0.717, 1.165) is 12.1 Å². The standard InChI is InChI=1S/C11H15ClN2O2/c1-3-6-14-11(16)9(4-5-10(12)15)7-8(2)13-14/h7H,3-6H2,1-2H3. The molecule has 0 unspecified atom stereocenters. The van der Waals surface area contributed by atoms with Crippen molar-refractivity contribution in [3.05, 3.63) is 27.7 Å². The van der Waals surface area contributed by atoms with Crippen LogP contribution in [0.15, 0.2) is 10.9 Å². The van der Waals surface area contributed by atoms with Crippen LogP contribution in [0.3, 0.4) is 0 Å². The third-order valence-corrected chi connectivity index (χ3v) is 2.39. The Morgan fingerprint density at radius 1 is 1.56 bits per heavy atom. The van der Waals surface area contributed by atoms with Crippen molar-refractivity contribution in [3.8, 4) is 0 Å². The van der Waals surface area contributed by atoms with E-state index < -0.39 is 5.24 Å². The van der Waals surface area contributed by atoms with Crippen LogP contribution in [0.1, 0.15) is 31.0 Å². The van der Waals surface area contributed by atoms with Crippen molar-refractivity contribution in [3.63, 3.8) is 0 Å². The Morgan fingerprint density at radius 2 is 2.25 bits per heavy atom. The number of rotatable bonds is 5. The molecule has 0 bridgehead atoms. The molecule has 4 nitrogen and oxygen atoms in total. The first-order valence-electron chi connectivity index (χ1n) is 5.30. The number of nitrogens with zero attached hydrogens (tertiary/aromatic N) is 2. The predicted molar refractivity (Wildman–Crippen MR) is 62.7 cm³/mol. The Bertz CT molecular complexity index is 440. The first-order chi connectivity index (χ1) is 7.54. The number of halogens is 1. The van der Waals surface area contributed by atoms with Crippen molar-refractivity contribution in [1.82, 2.24) is 9.78 Å². The van der Waals surface area contributed by atoms with E-state index in [-0.39, 0.29) is 12.0 Å². The van der Waals surface area contributed by atoms with Gasteiger partial charge in [-0.2, -0.15) is 5.10 Å². The van der Waals surface area contributed by atoms with Gasteiger partial charge in [0.05, 0.1) is 5.69 Å². The lowest BCUT2D eigenvalue weighted by atomic mass is 10.1. The van der Waals surface area contributed by atoms with Crippen LogP contribution >= 0.6 is 11.6 Å². The van der Waals surface area contributed by atoms with Crippen LogP contribution in [0.5, 0.6) is 0 Å². The molecular formula is C11H15ClN2O2. The zero-order chi connectivity index (χ0) is 12.1. The summed E-state index contributed by atoms with van der Waals surface area (Å²) in [7, 11) is 0. The number of hydrogen-bond acceptors (Lipinski definition) is 3. The van der Waals surface area contributed by atoms with E-state index in [1.807, 2.05) is 13.8 Å². The van der Waals surface area contributed by atoms with Crippen molar-refractivity contribution in [1.29, 1.82) is 0 Å². The third-order valence-electron chi connectivity index (χ3n) is 2.20. The molecule has 0 radical (unpaired) electrons. The SMILES string of the molecule is CCCn1nc(C)cc(CCC(=O)Cl)c1=O. The summed E-state index contributed by atoms with van der Waals surface area (Å²) < 4.78 is 1.45. The first-order valence-corrected chi connectivity index (χ1v) is 5.68. The van der Waals surface area contributed by atoms with Gasteiger partial charge in [-0.1, -0.05) is 6.92 Å². The molecule has 1 heterocycles. The molecule has 88 valence electrons. The van der Waals surface area contributed by atoms with Crippen molar-refractivity contribution < 1.29 is 4.79 Å². The van der Waals surface area contributed by atoms with E-state index in [1.54, 1.807) is 6.07 Å². The summed E-state index contributed by atoms with van der Waals surface area (Å²) in [4.78, 5) is 22.5. The monoisotopic (exact) mass is 242 g/mol. The van der Waals surface area contributed by atoms with E-state index in [0.29, 0.717) is 18.5 Å². The second kappa shape index (κ2) is 5.80. The summed E-state index contributed by atoms with van der Waals surface area (Å²) in [5.41, 5.74) is 1.27. The van der Waals surface area contributed by atoms with Gasteiger partial charge in [0.1, 0.15) is 0 Å². The molecule has 0 atom stereocenters. The molecular weight excluding hydrogens is 228 g/mol. The first kappa shape index (κ1) is 12.9. The van der Waals surface area contributed by atoms with Crippen LogP contribution in [0, 0.1) is 6.92 Å². The van der Waals surface area contributed by atoms with Gasteiger partial charge in [-0.3, -0.25) is 9.59 Å². The fourth-order valence-electron chi connectivity index (χ4n) is 1.52. The average molecular weight is 243 g/mol. The van der Waals surface area contributed by atoms with Gasteiger partial charge in [0.25, 0.3) is 5.56 Å². The highest BCUT2D eigenvalue weighted by Crippen LogP contribution is 2.02. The maximum Gasteiger partial charge on any atom is 0.269 e. The Kier molecular flexibility index (Phi) is 4.68. The Balaban J connectivity index is 2.99. The predicted octanol–water partition coefficient (Wildman–Crippen LogP) is 1.66. The van der Waals surface area contributed by atoms with E-state index in [4.69, 9.17) is 11.6 Å². The average Bonchev–Trinajstić information content (AvgIpc) is 2.21. The number of hydrogen-bond donors (Lipinski definition) is 0. The summed E-state index contributed by atoms with van der Waals surface area (Å²) in [6.07, 6.45) is 1.42. The molecule has 0 saturated heterocycles. The van der Waals surface area contributed by atoms with Crippen molar-refractivity contribution in [2.75, 3.05) is 0 Å². The lowest BCUT2D eigenvalue weighted by molar-refractivity contribution is -0.111. The number of carbonyl (C=O) groups is 1. The van der Waals surface area contributed by atoms with Crippen molar-refractivity contribution >= 4 is 16.8 Å². The number of carbonyl (C=O) groups excluding carboxylic acids is 1. The summed E-state index contributed by atoms with van der Waals surface area (Å²) in [5, 5.41) is 3.72. The van der Waals surface area contributed by atoms with E-state index in [9.17, 15) is 9.59 Å². The normalized spacial score (nSPS) is 10.4. The fraction of sp³-hybridized carbons (Fsp3) is 0.545. The molecule has 0 aliphatic rings. The van der Waals surface area contributed by atoms with Crippen LogP contribution in [-0.2, 0) is 17.8 Å². The van der Waals surface area contributed by atoms with Gasteiger partial charge >= 0.3 is 0 Å². The van der Waals surface area contributed by atoms with Gasteiger partial charge in [0.2, 0.25) is 5.24 Å². The quantitative estimate of drug-likeness (QED) is 0.738. The maximum absolute atomic E-state index is 11.9. The van der Waals surface area contributed by atoms with Gasteiger partial charge in [-0.15, -0.1) is 0 Å². The maximum atomic E-state index is 11.9. The van der Waals surface area contributed by atoms with Crippen LogP contribution in [0.25, 0.3) is 0 Å². The molecule has 0 N–H and O–H groups in total. The lowest BCUT2D eigenvalue weighted by Crippen LogP contribution is -2.27. The third kappa shape index (κ3) is 3.45. The van der Waals surface area contributed by atoms with Gasteiger partial charge in [0.15, 0.2) is 0 Å². The summed E-state index contributed by atoms with van der Waals surface area (Å²) in [5.74, 6) is 0. The topological polar surface area (TPSA) is 52.0 Å². The van der Waals surface area contributed by atoms with Gasteiger partial charge in [-0.25, -0.2) is 4.68 Å². The minimum absolute atomic E-state index is 0.120. The molecule has 16 heavy (non-hydrogen) atoms. The molecule has 0 aromatic carbocycles. The Labute approximate surface area is 99.2 Å². The molecule has 0 aliphatic carbocycles. The number of aromatic nitrogens is 2. The minimum atomic E-state index is -0.420. The largest absolute Gasteiger partial charge is 0.281 e. The highest BCUT2D eigenvalue weighted by Gasteiger charge is 2.07. The van der Waals surface area contributed by atoms with Crippen LogP contribution in [0.2, 0.25) is 0 Å². The Morgan fingerprint density at radius 3 is 2.81 bits per heavy atom. The summed E-state index contributed by atoms with van der Waals surface area (Å²) in [6.45, 7) is 4.42. The molecule has 0 spiro atoms. The highest BCUT2D eigenvalue weighted by molar-refractivity contribution is 6.63. The molecule has 0 amide bonds. The molecule has 1 aromatic heterocycles. The smallest absolute Gasteiger partial charge is 0.269 e. The summed E-state index contributed by atoms with van der Waals surface area (Å²) >= 11 is 5.26. The molecule has 5 heteroatoms. The van der Waals surface area contributed by atoms with E-state index >= 15 is 0 Å². The van der Waals surface area contributed by atoms with E-state index in [1.165, 1.54) is 4.68 Å². The van der Waals surface area contributed by atoms with Crippen molar-refractivity contribution in [2.45, 2.75) is 39.7 Å². The zero-order valence-electron chi connectivity index (χ0n) is 9.49. The van der Waals surface area contributed by atoms with E-state index in [2.05, 4.69) is 5.10 Å². The van der Waals surface area contributed by atoms with Crippen LogP contribution in [-0.4, -0.2) is 15.0 Å². The summed E-state index contributed by atoms with van der Waals surface area (Å²) in [6, 6.07) is 1.72. The Hall–Kier alpha value is -1.16. The molecule has 0 saturated carbocycles. The van der Waals surface area contributed by atoms with Gasteiger partial charge < -0.3 is 0 Å². The molecule has 0 aliphatic heterocycles. The lowest BCUT2D eigenvalue weighted by Gasteiger charge is -2.06. The molecule has 0 fully saturated rings. The fourth-order valence-corrected chi connectivity index (χ4v) is 1.61.